The SMILES string of the molecule is O=CC12c3ccccc3C(c3ccccc31)[C@@H]1C(=O)N(c3ccc([NH+]([O-])O)cc3)C(=O)[C@H]12. The molecule has 7 heteroatoms. The van der Waals surface area contributed by atoms with Crippen molar-refractivity contribution in [1.29, 1.82) is 0 Å². The number of quaternary nitrogens is 1. The van der Waals surface area contributed by atoms with Gasteiger partial charge in [-0.05, 0) is 34.4 Å². The quantitative estimate of drug-likeness (QED) is 0.378. The molecule has 3 aromatic rings. The highest BCUT2D eigenvalue weighted by Gasteiger charge is 2.68. The summed E-state index contributed by atoms with van der Waals surface area (Å²) in [4.78, 5) is 41.5. The zero-order valence-electron chi connectivity index (χ0n) is 16.8. The number of carbonyl (C=O) groups excluding carboxylic acids is 3. The summed E-state index contributed by atoms with van der Waals surface area (Å²) in [5.74, 6) is -2.65. The van der Waals surface area contributed by atoms with Crippen LogP contribution in [0, 0.1) is 17.0 Å². The van der Waals surface area contributed by atoms with Crippen molar-refractivity contribution in [2.75, 3.05) is 4.90 Å². The summed E-state index contributed by atoms with van der Waals surface area (Å²) in [5.41, 5.74) is 2.51. The predicted octanol–water partition coefficient (Wildman–Crippen LogP) is 1.84. The molecule has 7 nitrogen and oxygen atoms in total. The van der Waals surface area contributed by atoms with Gasteiger partial charge in [0.05, 0.1) is 22.9 Å². The highest BCUT2D eigenvalue weighted by atomic mass is 16.8. The van der Waals surface area contributed by atoms with Crippen LogP contribution >= 0.6 is 0 Å². The minimum Gasteiger partial charge on any atom is -0.595 e. The average Bonchev–Trinajstić information content (AvgIpc) is 3.10. The van der Waals surface area contributed by atoms with Gasteiger partial charge >= 0.3 is 0 Å². The van der Waals surface area contributed by atoms with Gasteiger partial charge in [0.2, 0.25) is 11.8 Å². The minimum atomic E-state index is -1.24. The highest BCUT2D eigenvalue weighted by molar-refractivity contribution is 6.24. The first-order chi connectivity index (χ1) is 15.5. The van der Waals surface area contributed by atoms with Crippen molar-refractivity contribution >= 4 is 29.5 Å². The second-order valence-electron chi connectivity index (χ2n) is 8.51. The van der Waals surface area contributed by atoms with Crippen LogP contribution in [-0.2, 0) is 19.8 Å². The maximum atomic E-state index is 13.8. The molecule has 1 saturated heterocycles. The Hall–Kier alpha value is -3.65. The summed E-state index contributed by atoms with van der Waals surface area (Å²) in [6, 6.07) is 20.8. The Balaban J connectivity index is 1.58. The molecule has 3 aromatic carbocycles. The molecule has 0 aromatic heterocycles. The lowest BCUT2D eigenvalue weighted by molar-refractivity contribution is -0.991. The zero-order chi connectivity index (χ0) is 22.2. The molecule has 1 fully saturated rings. The van der Waals surface area contributed by atoms with Gasteiger partial charge in [-0.25, -0.2) is 10.1 Å². The van der Waals surface area contributed by atoms with Gasteiger partial charge in [-0.3, -0.25) is 9.59 Å². The lowest BCUT2D eigenvalue weighted by Gasteiger charge is -2.51. The standard InChI is InChI=1S/C25H18N2O5/c28-13-25-18-7-3-1-5-16(18)20(17-6-2-4-8-19(17)25)21-22(25)24(30)26(23(21)29)14-9-11-15(12-10-14)27(31)32/h1-13,20-22,27,31H/t20?,21-,22-,25?/m0/s1. The van der Waals surface area contributed by atoms with E-state index in [1.807, 2.05) is 48.5 Å². The number of aldehydes is 1. The van der Waals surface area contributed by atoms with Crippen LogP contribution in [0.25, 0.3) is 0 Å². The Morgan fingerprint density at radius 1 is 0.875 bits per heavy atom. The van der Waals surface area contributed by atoms with E-state index in [-0.39, 0.29) is 17.5 Å². The van der Waals surface area contributed by atoms with Crippen molar-refractivity contribution in [3.63, 3.8) is 0 Å². The molecular formula is C25H18N2O5. The van der Waals surface area contributed by atoms with Crippen LogP contribution < -0.4 is 10.1 Å². The van der Waals surface area contributed by atoms with Crippen molar-refractivity contribution in [2.45, 2.75) is 11.3 Å². The molecule has 2 bridgehead atoms. The summed E-state index contributed by atoms with van der Waals surface area (Å²) >= 11 is 0. The highest BCUT2D eigenvalue weighted by Crippen LogP contribution is 2.63. The van der Waals surface area contributed by atoms with Gasteiger partial charge in [0, 0.05) is 18.1 Å². The third kappa shape index (κ3) is 2.12. The van der Waals surface area contributed by atoms with E-state index < -0.39 is 28.4 Å². The van der Waals surface area contributed by atoms with Crippen LogP contribution in [0.4, 0.5) is 11.4 Å². The van der Waals surface area contributed by atoms with E-state index in [2.05, 4.69) is 0 Å². The van der Waals surface area contributed by atoms with E-state index in [9.17, 15) is 24.8 Å². The fourth-order valence-electron chi connectivity index (χ4n) is 6.04. The number of nitrogens with zero attached hydrogens (tertiary/aromatic N) is 1. The molecule has 2 amide bonds. The number of carbonyl (C=O) groups is 3. The van der Waals surface area contributed by atoms with E-state index in [1.54, 1.807) is 0 Å². The molecule has 0 radical (unpaired) electrons. The molecule has 7 rings (SSSR count). The first-order valence-corrected chi connectivity index (χ1v) is 10.4. The minimum absolute atomic E-state index is 0.0644. The van der Waals surface area contributed by atoms with E-state index in [0.717, 1.165) is 33.4 Å². The van der Waals surface area contributed by atoms with Gasteiger partial charge in [0.15, 0.2) is 5.69 Å². The van der Waals surface area contributed by atoms with Crippen LogP contribution in [0.3, 0.4) is 0 Å². The number of benzene rings is 3. The number of imide groups is 1. The first-order valence-electron chi connectivity index (χ1n) is 10.4. The topological polar surface area (TPSA) is 102 Å². The van der Waals surface area contributed by atoms with Gasteiger partial charge in [-0.1, -0.05) is 48.5 Å². The Morgan fingerprint density at radius 2 is 1.44 bits per heavy atom. The molecule has 0 spiro atoms. The van der Waals surface area contributed by atoms with Gasteiger partial charge in [-0.15, -0.1) is 0 Å². The van der Waals surface area contributed by atoms with Crippen molar-refractivity contribution in [2.24, 2.45) is 11.8 Å². The van der Waals surface area contributed by atoms with Crippen molar-refractivity contribution < 1.29 is 24.8 Å². The Morgan fingerprint density at radius 3 is 1.97 bits per heavy atom. The van der Waals surface area contributed by atoms with Crippen LogP contribution in [0.5, 0.6) is 0 Å². The summed E-state index contributed by atoms with van der Waals surface area (Å²) in [5, 5.41) is 19.3. The molecule has 1 heterocycles. The van der Waals surface area contributed by atoms with E-state index in [1.165, 1.54) is 24.3 Å². The van der Waals surface area contributed by atoms with Crippen molar-refractivity contribution in [1.82, 2.24) is 0 Å². The first kappa shape index (κ1) is 19.1. The van der Waals surface area contributed by atoms with Crippen LogP contribution in [0.15, 0.2) is 72.8 Å². The van der Waals surface area contributed by atoms with Crippen LogP contribution in [0.1, 0.15) is 28.2 Å². The van der Waals surface area contributed by atoms with Crippen LogP contribution in [0.2, 0.25) is 0 Å². The number of rotatable bonds is 3. The molecular weight excluding hydrogens is 408 g/mol. The molecule has 2 N–H and O–H groups in total. The smallest absolute Gasteiger partial charge is 0.239 e. The fourth-order valence-corrected chi connectivity index (χ4v) is 6.04. The maximum Gasteiger partial charge on any atom is 0.239 e. The normalized spacial score (nSPS) is 28.2. The number of nitrogens with one attached hydrogen (secondary N) is 1. The molecule has 158 valence electrons. The summed E-state index contributed by atoms with van der Waals surface area (Å²) in [7, 11) is 0. The maximum absolute atomic E-state index is 13.8. The van der Waals surface area contributed by atoms with Crippen LogP contribution in [-0.4, -0.2) is 23.3 Å². The molecule has 0 saturated carbocycles. The summed E-state index contributed by atoms with van der Waals surface area (Å²) in [6.45, 7) is 0. The van der Waals surface area contributed by atoms with Crippen molar-refractivity contribution in [3.05, 3.63) is 100 Å². The van der Waals surface area contributed by atoms with Gasteiger partial charge in [0.25, 0.3) is 0 Å². The lowest BCUT2D eigenvalue weighted by atomic mass is 9.48. The second-order valence-corrected chi connectivity index (χ2v) is 8.51. The number of hydrogen-bond acceptors (Lipinski definition) is 5. The zero-order valence-corrected chi connectivity index (χ0v) is 16.8. The Labute approximate surface area is 183 Å². The molecule has 1 unspecified atom stereocenters. The van der Waals surface area contributed by atoms with E-state index >= 15 is 0 Å². The Kier molecular flexibility index (Phi) is 3.83. The molecule has 3 atom stereocenters. The van der Waals surface area contributed by atoms with Gasteiger partial charge < -0.3 is 10.0 Å². The van der Waals surface area contributed by atoms with Gasteiger partial charge in [0.1, 0.15) is 6.29 Å². The molecule has 4 aliphatic rings. The monoisotopic (exact) mass is 426 g/mol. The third-order valence-electron chi connectivity index (χ3n) is 7.24. The fraction of sp³-hybridized carbons (Fsp3) is 0.160. The number of amides is 2. The number of hydrogen-bond donors (Lipinski definition) is 2. The van der Waals surface area contributed by atoms with Crippen molar-refractivity contribution in [3.8, 4) is 0 Å². The van der Waals surface area contributed by atoms with E-state index in [0.29, 0.717) is 5.69 Å². The lowest BCUT2D eigenvalue weighted by Crippen LogP contribution is -2.99. The molecule has 3 aliphatic carbocycles. The second kappa shape index (κ2) is 6.43. The Bertz CT molecular complexity index is 1250. The molecule has 32 heavy (non-hydrogen) atoms. The molecule has 1 aliphatic heterocycles. The summed E-state index contributed by atoms with van der Waals surface area (Å²) < 4.78 is 0. The summed E-state index contributed by atoms with van der Waals surface area (Å²) in [6.07, 6.45) is 0.833. The van der Waals surface area contributed by atoms with E-state index in [4.69, 9.17) is 0 Å². The number of anilines is 1. The third-order valence-corrected chi connectivity index (χ3v) is 7.24. The average molecular weight is 426 g/mol. The van der Waals surface area contributed by atoms with Gasteiger partial charge in [-0.2, -0.15) is 5.23 Å². The largest absolute Gasteiger partial charge is 0.595 e. The predicted molar refractivity (Wildman–Crippen MR) is 113 cm³/mol.